The smallest absolute Gasteiger partial charge is 0.305 e. The summed E-state index contributed by atoms with van der Waals surface area (Å²) in [7, 11) is -2.40. The van der Waals surface area contributed by atoms with Gasteiger partial charge < -0.3 is 4.74 Å². The Morgan fingerprint density at radius 2 is 1.59 bits per heavy atom. The van der Waals surface area contributed by atoms with Crippen LogP contribution in [-0.2, 0) is 26.0 Å². The number of hydrogen-bond acceptors (Lipinski definition) is 4. The number of carbonyl (C=O) groups is 1. The second-order valence-electron chi connectivity index (χ2n) is 8.48. The summed E-state index contributed by atoms with van der Waals surface area (Å²) in [5.41, 5.74) is 1.97. The number of carbonyl (C=O) groups excluding carboxylic acids is 1. The molecule has 0 saturated carbocycles. The van der Waals surface area contributed by atoms with Gasteiger partial charge in [-0.15, -0.1) is 0 Å². The van der Waals surface area contributed by atoms with Gasteiger partial charge in [0.2, 0.25) is 10.0 Å². The molecule has 5 nitrogen and oxygen atoms in total. The normalized spacial score (nSPS) is 12.7. The van der Waals surface area contributed by atoms with Crippen LogP contribution in [0.15, 0.2) is 53.4 Å². The third-order valence-electron chi connectivity index (χ3n) is 5.40. The van der Waals surface area contributed by atoms with Gasteiger partial charge in [-0.25, -0.2) is 17.5 Å². The molecule has 0 heterocycles. The molecule has 0 amide bonds. The minimum atomic E-state index is -3.78. The molecule has 0 spiro atoms. The maximum absolute atomic E-state index is 13.2. The van der Waals surface area contributed by atoms with Crippen molar-refractivity contribution in [3.63, 3.8) is 0 Å². The van der Waals surface area contributed by atoms with E-state index in [-0.39, 0.29) is 16.9 Å². The fraction of sp³-hybridized carbons (Fsp3) is 0.480. The fourth-order valence-electron chi connectivity index (χ4n) is 3.52. The maximum atomic E-state index is 13.2. The highest BCUT2D eigenvalue weighted by atomic mass is 32.2. The lowest BCUT2D eigenvalue weighted by Gasteiger charge is -2.20. The molecule has 0 aliphatic rings. The molecule has 0 bridgehead atoms. The lowest BCUT2D eigenvalue weighted by atomic mass is 9.97. The zero-order chi connectivity index (χ0) is 23.6. The van der Waals surface area contributed by atoms with Crippen molar-refractivity contribution in [3.05, 3.63) is 65.5 Å². The van der Waals surface area contributed by atoms with Gasteiger partial charge in [0.1, 0.15) is 5.82 Å². The number of rotatable bonds is 13. The summed E-state index contributed by atoms with van der Waals surface area (Å²) in [4.78, 5) is 11.3. The molecule has 1 unspecified atom stereocenters. The summed E-state index contributed by atoms with van der Waals surface area (Å²) in [6.45, 7) is 4.35. The number of sulfonamides is 1. The average Bonchev–Trinajstić information content (AvgIpc) is 2.76. The zero-order valence-corrected chi connectivity index (χ0v) is 20.0. The Bertz CT molecular complexity index is 941. The summed E-state index contributed by atoms with van der Waals surface area (Å²) < 4.78 is 46.5. The molecule has 0 radical (unpaired) electrons. The van der Waals surface area contributed by atoms with Gasteiger partial charge in [-0.1, -0.05) is 57.4 Å². The topological polar surface area (TPSA) is 72.5 Å². The van der Waals surface area contributed by atoms with Gasteiger partial charge in [0, 0.05) is 12.5 Å². The van der Waals surface area contributed by atoms with E-state index in [0.717, 1.165) is 48.9 Å². The van der Waals surface area contributed by atoms with Gasteiger partial charge in [0.05, 0.1) is 12.0 Å². The number of methoxy groups -OCH3 is 1. The predicted octanol–water partition coefficient (Wildman–Crippen LogP) is 5.56. The Kier molecular flexibility index (Phi) is 10.3. The first-order valence-electron chi connectivity index (χ1n) is 11.1. The average molecular weight is 464 g/mol. The van der Waals surface area contributed by atoms with Crippen LogP contribution < -0.4 is 4.72 Å². The highest BCUT2D eigenvalue weighted by molar-refractivity contribution is 7.89. The van der Waals surface area contributed by atoms with Crippen molar-refractivity contribution in [1.29, 1.82) is 0 Å². The van der Waals surface area contributed by atoms with Crippen molar-refractivity contribution in [2.75, 3.05) is 7.11 Å². The van der Waals surface area contributed by atoms with E-state index in [2.05, 4.69) is 23.3 Å². The summed E-state index contributed by atoms with van der Waals surface area (Å²) >= 11 is 0. The number of esters is 1. The molecule has 32 heavy (non-hydrogen) atoms. The summed E-state index contributed by atoms with van der Waals surface area (Å²) in [6.07, 6.45) is 5.50. The molecule has 0 fully saturated rings. The lowest BCUT2D eigenvalue weighted by molar-refractivity contribution is -0.140. The van der Waals surface area contributed by atoms with Crippen LogP contribution in [-0.4, -0.2) is 21.5 Å². The first kappa shape index (κ1) is 26.0. The Hall–Kier alpha value is -2.25. The van der Waals surface area contributed by atoms with Crippen molar-refractivity contribution >= 4 is 16.0 Å². The monoisotopic (exact) mass is 463 g/mol. The third-order valence-corrected chi connectivity index (χ3v) is 6.89. The molecular weight excluding hydrogens is 429 g/mol. The Morgan fingerprint density at radius 3 is 2.19 bits per heavy atom. The summed E-state index contributed by atoms with van der Waals surface area (Å²) in [6, 6.07) is 12.3. The molecule has 0 saturated heterocycles. The molecule has 1 N–H and O–H groups in total. The van der Waals surface area contributed by atoms with Crippen LogP contribution in [0.1, 0.15) is 69.5 Å². The molecule has 0 aliphatic carbocycles. The van der Waals surface area contributed by atoms with E-state index in [1.165, 1.54) is 19.2 Å². The first-order valence-corrected chi connectivity index (χ1v) is 12.6. The molecule has 176 valence electrons. The Morgan fingerprint density at radius 1 is 0.969 bits per heavy atom. The van der Waals surface area contributed by atoms with Crippen LogP contribution in [0.2, 0.25) is 0 Å². The van der Waals surface area contributed by atoms with Gasteiger partial charge in [-0.3, -0.25) is 4.79 Å². The van der Waals surface area contributed by atoms with Crippen molar-refractivity contribution < 1.29 is 22.3 Å². The standard InChI is InChI=1S/C25H34FNO4S/c1-19(2)7-4-5-9-24(27-32(29,30)23-17-15-22(26)16-18-23)21-13-11-20(12-14-21)8-6-10-25(28)31-3/h11-19,24,27H,4-10H2,1-3H3. The summed E-state index contributed by atoms with van der Waals surface area (Å²) in [5, 5.41) is 0. The second kappa shape index (κ2) is 12.7. The second-order valence-corrected chi connectivity index (χ2v) is 10.2. The number of unbranched alkanes of at least 4 members (excludes halogenated alkanes) is 1. The number of ether oxygens (including phenoxy) is 1. The molecule has 0 aromatic heterocycles. The van der Waals surface area contributed by atoms with E-state index in [4.69, 9.17) is 0 Å². The largest absolute Gasteiger partial charge is 0.469 e. The number of halogens is 1. The molecule has 2 aromatic rings. The number of aryl methyl sites for hydroxylation is 1. The predicted molar refractivity (Wildman–Crippen MR) is 124 cm³/mol. The maximum Gasteiger partial charge on any atom is 0.305 e. The molecule has 7 heteroatoms. The van der Waals surface area contributed by atoms with Crippen molar-refractivity contribution in [2.24, 2.45) is 5.92 Å². The third kappa shape index (κ3) is 8.71. The first-order chi connectivity index (χ1) is 15.2. The Labute approximate surface area is 191 Å². The van der Waals surface area contributed by atoms with E-state index < -0.39 is 15.8 Å². The fourth-order valence-corrected chi connectivity index (χ4v) is 4.78. The summed E-state index contributed by atoms with van der Waals surface area (Å²) in [5.74, 6) is -0.0936. The number of benzene rings is 2. The molecule has 2 rings (SSSR count). The Balaban J connectivity index is 2.11. The van der Waals surface area contributed by atoms with E-state index in [1.807, 2.05) is 24.3 Å². The minimum absolute atomic E-state index is 0.0468. The highest BCUT2D eigenvalue weighted by Crippen LogP contribution is 2.24. The van der Waals surface area contributed by atoms with E-state index >= 15 is 0 Å². The molecule has 1 atom stereocenters. The van der Waals surface area contributed by atoms with Crippen LogP contribution in [0.4, 0.5) is 4.39 Å². The van der Waals surface area contributed by atoms with E-state index in [0.29, 0.717) is 25.2 Å². The SMILES string of the molecule is COC(=O)CCCc1ccc(C(CCCCC(C)C)NS(=O)(=O)c2ccc(F)cc2)cc1. The van der Waals surface area contributed by atoms with Crippen molar-refractivity contribution in [3.8, 4) is 0 Å². The van der Waals surface area contributed by atoms with Gasteiger partial charge in [0.25, 0.3) is 0 Å². The van der Waals surface area contributed by atoms with Crippen molar-refractivity contribution in [2.45, 2.75) is 69.7 Å². The number of hydrogen-bond donors (Lipinski definition) is 1. The zero-order valence-electron chi connectivity index (χ0n) is 19.1. The quantitative estimate of drug-likeness (QED) is 0.312. The van der Waals surface area contributed by atoms with Gasteiger partial charge >= 0.3 is 5.97 Å². The van der Waals surface area contributed by atoms with Crippen molar-refractivity contribution in [1.82, 2.24) is 4.72 Å². The van der Waals surface area contributed by atoms with Gasteiger partial charge in [0.15, 0.2) is 0 Å². The molecule has 0 aliphatic heterocycles. The van der Waals surface area contributed by atoms with Gasteiger partial charge in [-0.05, 0) is 60.6 Å². The molecular formula is C25H34FNO4S. The van der Waals surface area contributed by atoms with E-state index in [9.17, 15) is 17.6 Å². The van der Waals surface area contributed by atoms with Crippen LogP contribution in [0, 0.1) is 11.7 Å². The van der Waals surface area contributed by atoms with E-state index in [1.54, 1.807) is 0 Å². The highest BCUT2D eigenvalue weighted by Gasteiger charge is 2.21. The number of nitrogens with one attached hydrogen (secondary N) is 1. The van der Waals surface area contributed by atoms with Crippen LogP contribution in [0.25, 0.3) is 0 Å². The molecule has 2 aromatic carbocycles. The van der Waals surface area contributed by atoms with Crippen LogP contribution in [0.3, 0.4) is 0 Å². The van der Waals surface area contributed by atoms with Gasteiger partial charge in [-0.2, -0.15) is 0 Å². The van der Waals surface area contributed by atoms with Crippen LogP contribution in [0.5, 0.6) is 0 Å². The lowest BCUT2D eigenvalue weighted by Crippen LogP contribution is -2.28. The van der Waals surface area contributed by atoms with Crippen LogP contribution >= 0.6 is 0 Å². The minimum Gasteiger partial charge on any atom is -0.469 e.